The highest BCUT2D eigenvalue weighted by molar-refractivity contribution is 5.80. The van der Waals surface area contributed by atoms with Crippen LogP contribution in [0.4, 0.5) is 0 Å². The molecular weight excluding hydrogens is 398 g/mol. The lowest BCUT2D eigenvalue weighted by molar-refractivity contribution is -0.128. The number of carbonyl (C=O) groups excluding carboxylic acids is 1. The molecule has 2 fully saturated rings. The number of guanidine groups is 1. The first-order chi connectivity index (χ1) is 15.7. The van der Waals surface area contributed by atoms with E-state index in [1.54, 1.807) is 0 Å². The molecule has 0 spiro atoms. The van der Waals surface area contributed by atoms with Gasteiger partial charge in [-0.1, -0.05) is 54.6 Å². The Morgan fingerprint density at radius 2 is 1.69 bits per heavy atom. The van der Waals surface area contributed by atoms with Gasteiger partial charge in [0.2, 0.25) is 5.91 Å². The molecule has 6 heteroatoms. The van der Waals surface area contributed by atoms with Crippen LogP contribution in [-0.4, -0.2) is 54.4 Å². The maximum Gasteiger partial charge on any atom is 0.222 e. The number of aliphatic imine (C=N–C) groups is 1. The molecule has 0 saturated carbocycles. The Balaban J connectivity index is 1.25. The summed E-state index contributed by atoms with van der Waals surface area (Å²) < 4.78 is 0. The molecule has 170 valence electrons. The average Bonchev–Trinajstić information content (AvgIpc) is 3.23. The quantitative estimate of drug-likeness (QED) is 0.520. The van der Waals surface area contributed by atoms with Gasteiger partial charge in [-0.25, -0.2) is 0 Å². The number of likely N-dealkylation sites (tertiary alicyclic amines) is 2. The predicted molar refractivity (Wildman–Crippen MR) is 129 cm³/mol. The van der Waals surface area contributed by atoms with E-state index >= 15 is 0 Å². The van der Waals surface area contributed by atoms with Gasteiger partial charge in [-0.15, -0.1) is 0 Å². The average molecular weight is 434 g/mol. The first-order valence-electron chi connectivity index (χ1n) is 11.8. The number of carbonyl (C=O) groups is 1. The third-order valence-electron chi connectivity index (χ3n) is 6.50. The van der Waals surface area contributed by atoms with Crippen molar-refractivity contribution in [3.63, 3.8) is 0 Å². The fraction of sp³-hybridized carbons (Fsp3) is 0.462. The number of nitrogens with zero attached hydrogens (tertiary/aromatic N) is 3. The van der Waals surface area contributed by atoms with Crippen LogP contribution in [0.2, 0.25) is 0 Å². The molecule has 2 aromatic carbocycles. The van der Waals surface area contributed by atoms with Crippen LogP contribution in [0.15, 0.2) is 59.6 Å². The van der Waals surface area contributed by atoms with E-state index in [9.17, 15) is 4.79 Å². The van der Waals surface area contributed by atoms with E-state index in [0.29, 0.717) is 25.6 Å². The molecular formula is C26H35N5O. The second-order valence-corrected chi connectivity index (χ2v) is 8.79. The Morgan fingerprint density at radius 1 is 0.969 bits per heavy atom. The molecule has 2 aliphatic heterocycles. The minimum atomic E-state index is 0.267. The van der Waals surface area contributed by atoms with Crippen LogP contribution >= 0.6 is 0 Å². The molecule has 4 rings (SSSR count). The highest BCUT2D eigenvalue weighted by atomic mass is 16.2. The van der Waals surface area contributed by atoms with Crippen molar-refractivity contribution in [3.05, 3.63) is 71.3 Å². The SMILES string of the molecule is CN=C(NCc1ccccc1CN1CCCC1=O)NC1CCN(Cc2ccccc2)CC1. The maximum absolute atomic E-state index is 12.0. The Labute approximate surface area is 191 Å². The van der Waals surface area contributed by atoms with Crippen LogP contribution in [0.25, 0.3) is 0 Å². The Hall–Kier alpha value is -2.86. The zero-order valence-corrected chi connectivity index (χ0v) is 19.1. The van der Waals surface area contributed by atoms with Crippen LogP contribution in [0.1, 0.15) is 42.4 Å². The summed E-state index contributed by atoms with van der Waals surface area (Å²) in [5, 5.41) is 7.09. The highest BCUT2D eigenvalue weighted by Crippen LogP contribution is 2.17. The highest BCUT2D eigenvalue weighted by Gasteiger charge is 2.22. The molecule has 0 aliphatic carbocycles. The fourth-order valence-corrected chi connectivity index (χ4v) is 4.60. The second kappa shape index (κ2) is 11.1. The molecule has 0 atom stereocenters. The van der Waals surface area contributed by atoms with Gasteiger partial charge in [-0.05, 0) is 36.0 Å². The van der Waals surface area contributed by atoms with E-state index < -0.39 is 0 Å². The largest absolute Gasteiger partial charge is 0.354 e. The summed E-state index contributed by atoms with van der Waals surface area (Å²) in [6.45, 7) is 5.48. The fourth-order valence-electron chi connectivity index (χ4n) is 4.60. The molecule has 0 aromatic heterocycles. The smallest absolute Gasteiger partial charge is 0.222 e. The Morgan fingerprint density at radius 3 is 2.38 bits per heavy atom. The maximum atomic E-state index is 12.0. The zero-order chi connectivity index (χ0) is 22.2. The summed E-state index contributed by atoms with van der Waals surface area (Å²) in [6, 6.07) is 19.5. The molecule has 6 nitrogen and oxygen atoms in total. The number of nitrogens with one attached hydrogen (secondary N) is 2. The van der Waals surface area contributed by atoms with E-state index in [0.717, 1.165) is 51.4 Å². The van der Waals surface area contributed by atoms with Gasteiger partial charge in [0.05, 0.1) is 0 Å². The summed E-state index contributed by atoms with van der Waals surface area (Å²) >= 11 is 0. The molecule has 0 unspecified atom stereocenters. The van der Waals surface area contributed by atoms with E-state index in [1.807, 2.05) is 11.9 Å². The molecule has 2 heterocycles. The van der Waals surface area contributed by atoms with Gasteiger partial charge in [0.25, 0.3) is 0 Å². The van der Waals surface area contributed by atoms with Crippen LogP contribution in [0.5, 0.6) is 0 Å². The normalized spacial score (nSPS) is 18.2. The molecule has 2 aromatic rings. The third-order valence-corrected chi connectivity index (χ3v) is 6.50. The molecule has 2 N–H and O–H groups in total. The van der Waals surface area contributed by atoms with Crippen molar-refractivity contribution in [2.24, 2.45) is 4.99 Å². The van der Waals surface area contributed by atoms with Crippen molar-refractivity contribution < 1.29 is 4.79 Å². The number of hydrogen-bond donors (Lipinski definition) is 2. The molecule has 32 heavy (non-hydrogen) atoms. The molecule has 1 amide bonds. The van der Waals surface area contributed by atoms with E-state index in [2.05, 4.69) is 75.1 Å². The number of benzene rings is 2. The van der Waals surface area contributed by atoms with Gasteiger partial charge in [-0.2, -0.15) is 0 Å². The summed E-state index contributed by atoms with van der Waals surface area (Å²) in [4.78, 5) is 21.0. The molecule has 0 radical (unpaired) electrons. The van der Waals surface area contributed by atoms with Gasteiger partial charge in [0, 0.05) is 58.8 Å². The summed E-state index contributed by atoms with van der Waals surface area (Å²) in [5.41, 5.74) is 3.80. The van der Waals surface area contributed by atoms with Gasteiger partial charge < -0.3 is 15.5 Å². The zero-order valence-electron chi connectivity index (χ0n) is 19.1. The molecule has 2 saturated heterocycles. The van der Waals surface area contributed by atoms with E-state index in [-0.39, 0.29) is 5.91 Å². The summed E-state index contributed by atoms with van der Waals surface area (Å²) in [6.07, 6.45) is 3.88. The topological polar surface area (TPSA) is 60.0 Å². The third kappa shape index (κ3) is 6.10. The lowest BCUT2D eigenvalue weighted by Crippen LogP contribution is -2.48. The summed E-state index contributed by atoms with van der Waals surface area (Å²) in [5.74, 6) is 1.11. The van der Waals surface area contributed by atoms with Gasteiger partial charge in [0.15, 0.2) is 5.96 Å². The standard InChI is InChI=1S/C26H35N5O/c1-27-26(29-24-13-16-30(17-14-24)19-21-8-3-2-4-9-21)28-18-22-10-5-6-11-23(22)20-31-15-7-12-25(31)32/h2-6,8-11,24H,7,12-20H2,1H3,(H2,27,28,29). The van der Waals surface area contributed by atoms with Crippen molar-refractivity contribution in [1.29, 1.82) is 0 Å². The minimum Gasteiger partial charge on any atom is -0.354 e. The van der Waals surface area contributed by atoms with Crippen molar-refractivity contribution >= 4 is 11.9 Å². The van der Waals surface area contributed by atoms with Crippen LogP contribution in [0.3, 0.4) is 0 Å². The number of hydrogen-bond acceptors (Lipinski definition) is 3. The second-order valence-electron chi connectivity index (χ2n) is 8.79. The van der Waals surface area contributed by atoms with Crippen LogP contribution < -0.4 is 10.6 Å². The number of piperidine rings is 1. The van der Waals surface area contributed by atoms with Crippen LogP contribution in [0, 0.1) is 0 Å². The number of rotatable bonds is 7. The lowest BCUT2D eigenvalue weighted by Gasteiger charge is -2.33. The first-order valence-corrected chi connectivity index (χ1v) is 11.8. The van der Waals surface area contributed by atoms with E-state index in [1.165, 1.54) is 16.7 Å². The van der Waals surface area contributed by atoms with Crippen molar-refractivity contribution in [2.45, 2.75) is 51.4 Å². The van der Waals surface area contributed by atoms with Gasteiger partial charge in [-0.3, -0.25) is 14.7 Å². The number of amides is 1. The van der Waals surface area contributed by atoms with Gasteiger partial charge >= 0.3 is 0 Å². The van der Waals surface area contributed by atoms with Gasteiger partial charge in [0.1, 0.15) is 0 Å². The summed E-state index contributed by atoms with van der Waals surface area (Å²) in [7, 11) is 1.83. The molecule has 0 bridgehead atoms. The Kier molecular flexibility index (Phi) is 7.77. The lowest BCUT2D eigenvalue weighted by atomic mass is 10.0. The van der Waals surface area contributed by atoms with Crippen molar-refractivity contribution in [2.75, 3.05) is 26.7 Å². The molecule has 2 aliphatic rings. The monoisotopic (exact) mass is 433 g/mol. The van der Waals surface area contributed by atoms with Crippen molar-refractivity contribution in [3.8, 4) is 0 Å². The van der Waals surface area contributed by atoms with Crippen LogP contribution in [-0.2, 0) is 24.4 Å². The first kappa shape index (κ1) is 22.3. The Bertz CT molecular complexity index is 905. The van der Waals surface area contributed by atoms with E-state index in [4.69, 9.17) is 0 Å². The van der Waals surface area contributed by atoms with Crippen molar-refractivity contribution in [1.82, 2.24) is 20.4 Å². The predicted octanol–water partition coefficient (Wildman–Crippen LogP) is 3.14. The minimum absolute atomic E-state index is 0.267.